The number of carbonyl (C=O) groups excluding carboxylic acids is 1. The van der Waals surface area contributed by atoms with Gasteiger partial charge in [0.2, 0.25) is 5.82 Å². The first-order chi connectivity index (χ1) is 10.2. The van der Waals surface area contributed by atoms with Gasteiger partial charge >= 0.3 is 0 Å². The molecular formula is C14H17N5O2. The number of rotatable bonds is 3. The minimum absolute atomic E-state index is 0.00254. The Morgan fingerprint density at radius 3 is 3.10 bits per heavy atom. The highest BCUT2D eigenvalue weighted by molar-refractivity contribution is 5.95. The lowest BCUT2D eigenvalue weighted by Crippen LogP contribution is -2.39. The molecule has 1 aromatic heterocycles. The van der Waals surface area contributed by atoms with Crippen LogP contribution in [0.5, 0.6) is 0 Å². The molecule has 1 aromatic carbocycles. The summed E-state index contributed by atoms with van der Waals surface area (Å²) in [6.07, 6.45) is 0.918. The van der Waals surface area contributed by atoms with Crippen molar-refractivity contribution in [2.75, 3.05) is 13.2 Å². The Kier molecular flexibility index (Phi) is 3.66. The second kappa shape index (κ2) is 5.61. The molecule has 1 amide bonds. The van der Waals surface area contributed by atoms with E-state index in [4.69, 9.17) is 0 Å². The molecule has 2 unspecified atom stereocenters. The molecule has 2 atom stereocenters. The average Bonchev–Trinajstić information content (AvgIpc) is 3.16. The summed E-state index contributed by atoms with van der Waals surface area (Å²) in [6.45, 7) is 2.74. The molecule has 0 spiro atoms. The molecule has 1 saturated heterocycles. The van der Waals surface area contributed by atoms with Crippen LogP contribution in [0.4, 0.5) is 0 Å². The van der Waals surface area contributed by atoms with Crippen LogP contribution < -0.4 is 0 Å². The fourth-order valence-corrected chi connectivity index (χ4v) is 2.78. The van der Waals surface area contributed by atoms with E-state index in [1.54, 1.807) is 23.1 Å². The molecule has 2 aromatic rings. The van der Waals surface area contributed by atoms with Crippen LogP contribution >= 0.6 is 0 Å². The molecule has 2 N–H and O–H groups in total. The van der Waals surface area contributed by atoms with Crippen molar-refractivity contribution < 1.29 is 9.90 Å². The number of nitrogens with zero attached hydrogens (tertiary/aromatic N) is 4. The van der Waals surface area contributed by atoms with Gasteiger partial charge in [-0.3, -0.25) is 4.79 Å². The SMILES string of the molecule is CC1CCN(C(=O)c2cccc(-c3nn[nH]n3)c2)C1CO. The molecular weight excluding hydrogens is 270 g/mol. The molecule has 7 nitrogen and oxygen atoms in total. The molecule has 0 aliphatic carbocycles. The van der Waals surface area contributed by atoms with Crippen LogP contribution in [0, 0.1) is 5.92 Å². The summed E-state index contributed by atoms with van der Waals surface area (Å²) in [5.41, 5.74) is 1.31. The van der Waals surface area contributed by atoms with Crippen LogP contribution in [0.2, 0.25) is 0 Å². The van der Waals surface area contributed by atoms with Gasteiger partial charge in [-0.15, -0.1) is 10.2 Å². The van der Waals surface area contributed by atoms with E-state index in [1.165, 1.54) is 0 Å². The number of hydrogen-bond donors (Lipinski definition) is 2. The van der Waals surface area contributed by atoms with Crippen LogP contribution in [0.15, 0.2) is 24.3 Å². The quantitative estimate of drug-likeness (QED) is 0.867. The fourth-order valence-electron chi connectivity index (χ4n) is 2.78. The zero-order valence-corrected chi connectivity index (χ0v) is 11.7. The lowest BCUT2D eigenvalue weighted by molar-refractivity contribution is 0.0648. The summed E-state index contributed by atoms with van der Waals surface area (Å²) >= 11 is 0. The number of hydrogen-bond acceptors (Lipinski definition) is 5. The number of amides is 1. The number of carbonyl (C=O) groups is 1. The smallest absolute Gasteiger partial charge is 0.254 e. The lowest BCUT2D eigenvalue weighted by Gasteiger charge is -2.25. The predicted molar refractivity (Wildman–Crippen MR) is 75.3 cm³/mol. The number of benzene rings is 1. The maximum absolute atomic E-state index is 12.6. The number of H-pyrrole nitrogens is 1. The minimum atomic E-state index is -0.105. The maximum atomic E-state index is 12.6. The lowest BCUT2D eigenvalue weighted by atomic mass is 10.0. The van der Waals surface area contributed by atoms with E-state index < -0.39 is 0 Å². The second-order valence-electron chi connectivity index (χ2n) is 5.33. The summed E-state index contributed by atoms with van der Waals surface area (Å²) in [7, 11) is 0. The van der Waals surface area contributed by atoms with E-state index in [2.05, 4.69) is 27.5 Å². The Morgan fingerprint density at radius 2 is 2.38 bits per heavy atom. The van der Waals surface area contributed by atoms with E-state index in [0.717, 1.165) is 12.0 Å². The number of tetrazole rings is 1. The molecule has 7 heteroatoms. The molecule has 0 radical (unpaired) electrons. The molecule has 1 aliphatic rings. The van der Waals surface area contributed by atoms with E-state index in [9.17, 15) is 9.90 Å². The van der Waals surface area contributed by atoms with Crippen LogP contribution in [0.3, 0.4) is 0 Å². The first-order valence-corrected chi connectivity index (χ1v) is 6.96. The van der Waals surface area contributed by atoms with Crippen molar-refractivity contribution in [3.63, 3.8) is 0 Å². The van der Waals surface area contributed by atoms with Gasteiger partial charge in [-0.2, -0.15) is 5.21 Å². The zero-order valence-electron chi connectivity index (χ0n) is 11.7. The summed E-state index contributed by atoms with van der Waals surface area (Å²) in [6, 6.07) is 7.05. The summed E-state index contributed by atoms with van der Waals surface area (Å²) in [4.78, 5) is 14.4. The van der Waals surface area contributed by atoms with E-state index >= 15 is 0 Å². The highest BCUT2D eigenvalue weighted by atomic mass is 16.3. The summed E-state index contributed by atoms with van der Waals surface area (Å²) < 4.78 is 0. The first kappa shape index (κ1) is 13.7. The molecule has 110 valence electrons. The Balaban J connectivity index is 1.87. The van der Waals surface area contributed by atoms with E-state index in [1.807, 2.05) is 6.07 Å². The molecule has 21 heavy (non-hydrogen) atoms. The molecule has 3 rings (SSSR count). The van der Waals surface area contributed by atoms with Gasteiger partial charge in [-0.05, 0) is 29.7 Å². The van der Waals surface area contributed by atoms with Crippen molar-refractivity contribution in [3.05, 3.63) is 29.8 Å². The number of aromatic nitrogens is 4. The van der Waals surface area contributed by atoms with Crippen molar-refractivity contribution in [1.82, 2.24) is 25.5 Å². The van der Waals surface area contributed by atoms with E-state index in [-0.39, 0.29) is 18.6 Å². The van der Waals surface area contributed by atoms with Gasteiger partial charge in [0.15, 0.2) is 0 Å². The second-order valence-corrected chi connectivity index (χ2v) is 5.33. The monoisotopic (exact) mass is 287 g/mol. The third-order valence-corrected chi connectivity index (χ3v) is 4.04. The normalized spacial score (nSPS) is 21.7. The molecule has 1 fully saturated rings. The highest BCUT2D eigenvalue weighted by Crippen LogP contribution is 2.26. The molecule has 2 heterocycles. The predicted octanol–water partition coefficient (Wildman–Crippen LogP) is 0.710. The number of aliphatic hydroxyl groups is 1. The van der Waals surface area contributed by atoms with Crippen LogP contribution in [-0.4, -0.2) is 55.7 Å². The standard InChI is InChI=1S/C14H17N5O2/c1-9-5-6-19(12(9)8-20)14(21)11-4-2-3-10(7-11)13-15-17-18-16-13/h2-4,7,9,12,20H,5-6,8H2,1H3,(H,15,16,17,18). The Bertz CT molecular complexity index is 628. The van der Waals surface area contributed by atoms with Gasteiger partial charge in [-0.1, -0.05) is 19.1 Å². The molecule has 0 bridgehead atoms. The van der Waals surface area contributed by atoms with Crippen molar-refractivity contribution in [3.8, 4) is 11.4 Å². The Morgan fingerprint density at radius 1 is 1.52 bits per heavy atom. The van der Waals surface area contributed by atoms with Gasteiger partial charge in [-0.25, -0.2) is 0 Å². The molecule has 1 aliphatic heterocycles. The zero-order chi connectivity index (χ0) is 14.8. The van der Waals surface area contributed by atoms with Gasteiger partial charge in [0.25, 0.3) is 5.91 Å². The van der Waals surface area contributed by atoms with Crippen LogP contribution in [0.1, 0.15) is 23.7 Å². The minimum Gasteiger partial charge on any atom is -0.394 e. The summed E-state index contributed by atoms with van der Waals surface area (Å²) in [5, 5.41) is 23.2. The molecule has 0 saturated carbocycles. The van der Waals surface area contributed by atoms with Gasteiger partial charge in [0, 0.05) is 17.7 Å². The number of nitrogens with one attached hydrogen (secondary N) is 1. The van der Waals surface area contributed by atoms with Gasteiger partial charge < -0.3 is 10.0 Å². The summed E-state index contributed by atoms with van der Waals surface area (Å²) in [5.74, 6) is 0.709. The van der Waals surface area contributed by atoms with Crippen molar-refractivity contribution in [1.29, 1.82) is 0 Å². The largest absolute Gasteiger partial charge is 0.394 e. The highest BCUT2D eigenvalue weighted by Gasteiger charge is 2.34. The van der Waals surface area contributed by atoms with Gasteiger partial charge in [0.05, 0.1) is 12.6 Å². The Labute approximate surface area is 122 Å². The fraction of sp³-hybridized carbons (Fsp3) is 0.429. The Hall–Kier alpha value is -2.28. The maximum Gasteiger partial charge on any atom is 0.254 e. The van der Waals surface area contributed by atoms with Crippen molar-refractivity contribution >= 4 is 5.91 Å². The van der Waals surface area contributed by atoms with Crippen molar-refractivity contribution in [2.45, 2.75) is 19.4 Å². The van der Waals surface area contributed by atoms with Crippen LogP contribution in [-0.2, 0) is 0 Å². The van der Waals surface area contributed by atoms with Crippen LogP contribution in [0.25, 0.3) is 11.4 Å². The first-order valence-electron chi connectivity index (χ1n) is 6.96. The number of aromatic amines is 1. The topological polar surface area (TPSA) is 95.0 Å². The third-order valence-electron chi connectivity index (χ3n) is 4.04. The average molecular weight is 287 g/mol. The van der Waals surface area contributed by atoms with Crippen molar-refractivity contribution in [2.24, 2.45) is 5.92 Å². The third kappa shape index (κ3) is 2.52. The number of likely N-dealkylation sites (tertiary alicyclic amines) is 1. The number of aliphatic hydroxyl groups excluding tert-OH is 1. The van der Waals surface area contributed by atoms with E-state index in [0.29, 0.717) is 23.9 Å². The van der Waals surface area contributed by atoms with Gasteiger partial charge in [0.1, 0.15) is 0 Å².